The monoisotopic (exact) mass is 1790 g/mol. The number of rotatable bonds is 101. The molecule has 0 aliphatic carbocycles. The summed E-state index contributed by atoms with van der Waals surface area (Å²) in [7, 11) is 0. The zero-order chi connectivity index (χ0) is 90.2. The van der Waals surface area contributed by atoms with Crippen molar-refractivity contribution in [1.29, 1.82) is 0 Å². The average molecular weight is 1790 g/mol. The first kappa shape index (κ1) is 136. The maximum atomic E-state index is 10.7. The predicted octanol–water partition coefficient (Wildman–Crippen LogP) is 31.2. The van der Waals surface area contributed by atoms with E-state index in [4.69, 9.17) is 11.5 Å². The second-order valence-corrected chi connectivity index (χ2v) is 37.7. The second-order valence-electron chi connectivity index (χ2n) is 37.7. The standard InChI is InChI=1S/C38H76N2O2.4C18H36O2.Ca.Mg/c39-37(41)35-33-31-29-27-25-23-21-19-17-15-13-11-9-7-5-3-1-2-4-6-8-10-12-14-16-18-20-22-24-26-28-30-32-34-36-38(40)42;4*1-2-3-4-5-6-7-8-9-10-11-12-13-14-15-16-17-18(19)20;;/h1-36H2,(H2,39,41)(H2,40,42);4*2-17H2,1H3,(H,19,20);;/q;;;;;2*+2/p-4. The summed E-state index contributed by atoms with van der Waals surface area (Å²) in [5, 5.41) is 40.9. The zero-order valence-electron chi connectivity index (χ0n) is 84.4. The van der Waals surface area contributed by atoms with Crippen molar-refractivity contribution in [3.05, 3.63) is 0 Å². The maximum absolute atomic E-state index is 10.7. The van der Waals surface area contributed by atoms with Crippen LogP contribution in [0.25, 0.3) is 0 Å². The van der Waals surface area contributed by atoms with Crippen LogP contribution in [0.1, 0.15) is 670 Å². The van der Waals surface area contributed by atoms with Gasteiger partial charge >= 0.3 is 60.8 Å². The SMILES string of the molecule is CCCCCCCCCCCCCCCCCC(=O)[O-].CCCCCCCCCCCCCCCCCC(=O)[O-].CCCCCCCCCCCCCCCCCC(=O)[O-].CCCCCCCCCCCCCCCCCC(=O)[O-].NC(=O)CCCCCCCCCCCCCCCCCCCCCCCCCCCCCCCCCCCCC(N)=O.[Ca+2].[Mg+2]. The Morgan fingerprint density at radius 1 is 0.137 bits per heavy atom. The van der Waals surface area contributed by atoms with Crippen LogP contribution in [-0.4, -0.2) is 96.5 Å². The topological polar surface area (TPSA) is 247 Å². The number of carboxylic acid groups (broad SMARTS) is 4. The molecule has 14 heteroatoms. The van der Waals surface area contributed by atoms with E-state index in [0.29, 0.717) is 12.8 Å². The summed E-state index contributed by atoms with van der Waals surface area (Å²) < 4.78 is 0. The quantitative estimate of drug-likeness (QED) is 0.0430. The molecular weight excluding hydrogens is 1570 g/mol. The molecule has 0 aromatic carbocycles. The van der Waals surface area contributed by atoms with Crippen LogP contribution in [-0.2, 0) is 28.8 Å². The van der Waals surface area contributed by atoms with E-state index in [1.807, 2.05) is 0 Å². The Hall–Kier alpha value is -1.15. The van der Waals surface area contributed by atoms with Gasteiger partial charge in [0.25, 0.3) is 0 Å². The fourth-order valence-corrected chi connectivity index (χ4v) is 16.8. The van der Waals surface area contributed by atoms with Gasteiger partial charge in [0.15, 0.2) is 0 Å². The van der Waals surface area contributed by atoms with Gasteiger partial charge in [0, 0.05) is 36.7 Å². The summed E-state index contributed by atoms with van der Waals surface area (Å²) >= 11 is 0. The van der Waals surface area contributed by atoms with Crippen LogP contribution in [0.15, 0.2) is 0 Å². The van der Waals surface area contributed by atoms with Gasteiger partial charge in [-0.2, -0.15) is 0 Å². The molecule has 0 radical (unpaired) electrons. The van der Waals surface area contributed by atoms with Gasteiger partial charge in [-0.25, -0.2) is 0 Å². The molecule has 124 heavy (non-hydrogen) atoms. The van der Waals surface area contributed by atoms with Crippen molar-refractivity contribution >= 4 is 96.5 Å². The van der Waals surface area contributed by atoms with E-state index in [2.05, 4.69) is 27.7 Å². The van der Waals surface area contributed by atoms with Crippen LogP contribution in [0.2, 0.25) is 0 Å². The molecular formula is C110H216CaMgN2O10. The Bertz CT molecular complexity index is 1760. The van der Waals surface area contributed by atoms with E-state index in [0.717, 1.165) is 77.0 Å². The molecule has 0 heterocycles. The molecule has 0 atom stereocenters. The fourth-order valence-electron chi connectivity index (χ4n) is 16.8. The number of carbonyl (C=O) groups is 6. The van der Waals surface area contributed by atoms with E-state index >= 15 is 0 Å². The number of aliphatic carboxylic acids is 4. The molecule has 2 amide bonds. The van der Waals surface area contributed by atoms with E-state index in [1.165, 1.54) is 527 Å². The molecule has 0 fully saturated rings. The molecule has 0 rings (SSSR count). The minimum Gasteiger partial charge on any atom is -0.550 e. The average Bonchev–Trinajstić information content (AvgIpc) is 1.13. The van der Waals surface area contributed by atoms with E-state index in [1.54, 1.807) is 0 Å². The second kappa shape index (κ2) is 130. The summed E-state index contributed by atoms with van der Waals surface area (Å²) in [6.07, 6.45) is 127. The number of hydrogen-bond donors (Lipinski definition) is 2. The van der Waals surface area contributed by atoms with Gasteiger partial charge in [-0.3, -0.25) is 9.59 Å². The maximum Gasteiger partial charge on any atom is 2.00 e. The Kier molecular flexibility index (Phi) is 143. The minimum absolute atomic E-state index is 0. The third kappa shape index (κ3) is 155. The Labute approximate surface area is 820 Å². The van der Waals surface area contributed by atoms with E-state index < -0.39 is 23.9 Å². The van der Waals surface area contributed by atoms with Crippen molar-refractivity contribution in [1.82, 2.24) is 0 Å². The van der Waals surface area contributed by atoms with E-state index in [9.17, 15) is 49.2 Å². The molecule has 0 unspecified atom stereocenters. The van der Waals surface area contributed by atoms with Crippen LogP contribution < -0.4 is 31.9 Å². The number of hydrogen-bond acceptors (Lipinski definition) is 10. The van der Waals surface area contributed by atoms with E-state index in [-0.39, 0.29) is 98.3 Å². The molecule has 12 nitrogen and oxygen atoms in total. The molecule has 0 bridgehead atoms. The van der Waals surface area contributed by atoms with Gasteiger partial charge < -0.3 is 51.1 Å². The van der Waals surface area contributed by atoms with Gasteiger partial charge in [0.2, 0.25) is 11.8 Å². The summed E-state index contributed by atoms with van der Waals surface area (Å²) in [4.78, 5) is 62.3. The van der Waals surface area contributed by atoms with Gasteiger partial charge in [-0.1, -0.05) is 593 Å². The van der Waals surface area contributed by atoms with Gasteiger partial charge in [0.1, 0.15) is 0 Å². The normalized spacial score (nSPS) is 10.8. The number of unbranched alkanes of at least 4 members (excludes halogenated alkanes) is 89. The summed E-state index contributed by atoms with van der Waals surface area (Å²) in [5.41, 5.74) is 10.3. The number of amides is 2. The Balaban J connectivity index is -0.000000288. The molecule has 4 N–H and O–H groups in total. The van der Waals surface area contributed by atoms with Crippen molar-refractivity contribution in [2.45, 2.75) is 670 Å². The first-order chi connectivity index (χ1) is 59.7. The largest absolute Gasteiger partial charge is 2.00 e. The summed E-state index contributed by atoms with van der Waals surface area (Å²) in [5.74, 6) is -3.92. The Morgan fingerprint density at radius 3 is 0.266 bits per heavy atom. The van der Waals surface area contributed by atoms with Crippen molar-refractivity contribution in [3.63, 3.8) is 0 Å². The number of nitrogens with two attached hydrogens (primary N) is 2. The Morgan fingerprint density at radius 2 is 0.202 bits per heavy atom. The smallest absolute Gasteiger partial charge is 0.550 e. The van der Waals surface area contributed by atoms with Gasteiger partial charge in [-0.05, 0) is 64.2 Å². The number of primary amides is 2. The molecule has 0 saturated carbocycles. The fraction of sp³-hybridized carbons (Fsp3) is 0.945. The van der Waals surface area contributed by atoms with Gasteiger partial charge in [0.05, 0.1) is 0 Å². The van der Waals surface area contributed by atoms with Crippen molar-refractivity contribution in [3.8, 4) is 0 Å². The first-order valence-electron chi connectivity index (χ1n) is 55.1. The van der Waals surface area contributed by atoms with Crippen LogP contribution in [0.4, 0.5) is 0 Å². The van der Waals surface area contributed by atoms with Crippen LogP contribution >= 0.6 is 0 Å². The first-order valence-corrected chi connectivity index (χ1v) is 55.1. The molecule has 0 aliphatic heterocycles. The van der Waals surface area contributed by atoms with Crippen LogP contribution in [0.5, 0.6) is 0 Å². The summed E-state index contributed by atoms with van der Waals surface area (Å²) in [6.45, 7) is 9.07. The minimum atomic E-state index is -0.903. The van der Waals surface area contributed by atoms with Crippen LogP contribution in [0.3, 0.4) is 0 Å². The van der Waals surface area contributed by atoms with Crippen molar-refractivity contribution in [2.75, 3.05) is 0 Å². The predicted molar refractivity (Wildman–Crippen MR) is 534 cm³/mol. The number of carbonyl (C=O) groups excluding carboxylic acids is 6. The third-order valence-corrected chi connectivity index (χ3v) is 25.0. The zero-order valence-corrected chi connectivity index (χ0v) is 88.0. The molecule has 0 saturated heterocycles. The molecule has 0 spiro atoms. The number of carboxylic acids is 4. The molecule has 0 aromatic rings. The summed E-state index contributed by atoms with van der Waals surface area (Å²) in [6, 6.07) is 0. The van der Waals surface area contributed by atoms with Crippen molar-refractivity contribution < 1.29 is 49.2 Å². The molecule has 730 valence electrons. The molecule has 0 aliphatic rings. The van der Waals surface area contributed by atoms with Crippen molar-refractivity contribution in [2.24, 2.45) is 11.5 Å². The molecule has 0 aromatic heterocycles. The third-order valence-electron chi connectivity index (χ3n) is 25.0. The van der Waals surface area contributed by atoms with Gasteiger partial charge in [-0.15, -0.1) is 0 Å². The van der Waals surface area contributed by atoms with Crippen LogP contribution in [0, 0.1) is 0 Å².